The number of amides is 3. The van der Waals surface area contributed by atoms with E-state index in [0.29, 0.717) is 38.1 Å². The van der Waals surface area contributed by atoms with E-state index in [9.17, 15) is 31.6 Å². The molecule has 2 aromatic rings. The van der Waals surface area contributed by atoms with Crippen LogP contribution in [0.25, 0.3) is 11.0 Å². The molecule has 256 valence electrons. The number of nitrogens with zero attached hydrogens (tertiary/aromatic N) is 3. The van der Waals surface area contributed by atoms with Crippen LogP contribution < -0.4 is 20.5 Å². The van der Waals surface area contributed by atoms with Gasteiger partial charge in [-0.3, -0.25) is 19.1 Å². The van der Waals surface area contributed by atoms with Gasteiger partial charge < -0.3 is 20.7 Å². The maximum atomic E-state index is 14.7. The topological polar surface area (TPSA) is 174 Å². The third kappa shape index (κ3) is 7.36. The summed E-state index contributed by atoms with van der Waals surface area (Å²) in [6.07, 6.45) is 7.22. The van der Waals surface area contributed by atoms with Gasteiger partial charge in [0.05, 0.1) is 28.9 Å². The first-order chi connectivity index (χ1) is 21.8. The molecule has 0 bridgehead atoms. The van der Waals surface area contributed by atoms with Crippen molar-refractivity contribution in [2.75, 3.05) is 6.54 Å². The fourth-order valence-electron chi connectivity index (χ4n) is 6.25. The van der Waals surface area contributed by atoms with E-state index in [2.05, 4.69) is 20.0 Å². The van der Waals surface area contributed by atoms with E-state index in [0.717, 1.165) is 19.3 Å². The van der Waals surface area contributed by atoms with E-state index in [1.165, 1.54) is 4.90 Å². The van der Waals surface area contributed by atoms with Gasteiger partial charge in [0.15, 0.2) is 5.69 Å². The summed E-state index contributed by atoms with van der Waals surface area (Å²) in [5, 5.41) is 2.13. The summed E-state index contributed by atoms with van der Waals surface area (Å²) in [7, 11) is -3.89. The number of nitrogens with two attached hydrogens (primary N) is 1. The fourth-order valence-corrected chi connectivity index (χ4v) is 7.62. The average Bonchev–Trinajstić information content (AvgIpc) is 3.92. The van der Waals surface area contributed by atoms with Crippen molar-refractivity contribution in [1.82, 2.24) is 24.9 Å². The van der Waals surface area contributed by atoms with E-state index in [1.54, 1.807) is 24.3 Å². The Bertz CT molecular complexity index is 1690. The minimum Gasteiger partial charge on any atom is -0.471 e. The number of nitrogens with one attached hydrogen (secondary N) is 2. The van der Waals surface area contributed by atoms with Gasteiger partial charge in [0.25, 0.3) is 11.8 Å². The molecular formula is C31H39ClF2N6O6S. The molecule has 3 heterocycles. The normalized spacial score (nSPS) is 28.6. The lowest BCUT2D eigenvalue weighted by molar-refractivity contribution is -0.140. The van der Waals surface area contributed by atoms with Crippen LogP contribution in [-0.4, -0.2) is 76.5 Å². The van der Waals surface area contributed by atoms with Crippen LogP contribution in [-0.2, 0) is 30.3 Å². The molecule has 47 heavy (non-hydrogen) atoms. The molecule has 1 aromatic carbocycles. The van der Waals surface area contributed by atoms with Crippen molar-refractivity contribution in [2.24, 2.45) is 11.7 Å². The Kier molecular flexibility index (Phi) is 9.82. The maximum Gasteiger partial charge on any atom is 0.292 e. The highest BCUT2D eigenvalue weighted by Crippen LogP contribution is 2.46. The zero-order valence-electron chi connectivity index (χ0n) is 25.9. The molecule has 5 atom stereocenters. The number of sulfonamides is 1. The molecular weight excluding hydrogens is 658 g/mol. The third-order valence-electron chi connectivity index (χ3n) is 9.12. The number of benzene rings is 1. The number of rotatable bonds is 6. The molecule has 3 amide bonds. The Morgan fingerprint density at radius 2 is 1.83 bits per heavy atom. The number of halogens is 3. The van der Waals surface area contributed by atoms with Crippen LogP contribution >= 0.6 is 12.4 Å². The fraction of sp³-hybridized carbons (Fsp3) is 0.581. The molecule has 2 saturated carbocycles. The first-order valence-corrected chi connectivity index (χ1v) is 17.3. The Morgan fingerprint density at radius 3 is 2.51 bits per heavy atom. The van der Waals surface area contributed by atoms with Gasteiger partial charge in [-0.25, -0.2) is 18.4 Å². The number of para-hydroxylation sites is 2. The van der Waals surface area contributed by atoms with Gasteiger partial charge >= 0.3 is 0 Å². The Hall–Kier alpha value is -3.43. The molecule has 0 radical (unpaired) electrons. The van der Waals surface area contributed by atoms with Crippen molar-refractivity contribution in [3.63, 3.8) is 0 Å². The van der Waals surface area contributed by atoms with Crippen LogP contribution in [0.1, 0.15) is 70.4 Å². The average molecular weight is 697 g/mol. The molecule has 12 nitrogen and oxygen atoms in total. The molecule has 6 rings (SSSR count). The molecule has 0 unspecified atom stereocenters. The number of hydrogen-bond acceptors (Lipinski definition) is 9. The van der Waals surface area contributed by atoms with Crippen molar-refractivity contribution in [3.8, 4) is 5.88 Å². The van der Waals surface area contributed by atoms with E-state index >= 15 is 0 Å². The number of hydrogen-bond donors (Lipinski definition) is 3. The highest BCUT2D eigenvalue weighted by Gasteiger charge is 2.62. The minimum absolute atomic E-state index is 0. The Balaban J connectivity index is 0.00000433. The maximum absolute atomic E-state index is 14.7. The number of carbonyl (C=O) groups is 3. The molecule has 3 fully saturated rings. The summed E-state index contributed by atoms with van der Waals surface area (Å²) in [5.74, 6) is -6.29. The summed E-state index contributed by atoms with van der Waals surface area (Å²) in [6, 6.07) is 4.42. The first-order valence-electron chi connectivity index (χ1n) is 15.7. The van der Waals surface area contributed by atoms with E-state index in [1.807, 2.05) is 12.2 Å². The van der Waals surface area contributed by atoms with Crippen LogP contribution in [0, 0.1) is 5.92 Å². The number of aromatic nitrogens is 2. The highest BCUT2D eigenvalue weighted by atomic mass is 35.5. The lowest BCUT2D eigenvalue weighted by Crippen LogP contribution is -2.57. The van der Waals surface area contributed by atoms with Gasteiger partial charge in [0.2, 0.25) is 27.7 Å². The molecule has 2 aliphatic carbocycles. The zero-order valence-corrected chi connectivity index (χ0v) is 27.5. The van der Waals surface area contributed by atoms with E-state index < -0.39 is 80.1 Å². The smallest absolute Gasteiger partial charge is 0.292 e. The standard InChI is InChI=1S/C31H38F2N6O6S.ClH/c1-30(32,33)25-27(36-23-12-8-7-11-22(23)35-25)45-19-15-24-26(40)37-31(29(42)38-46(43,44)20-13-14-20)16-18(31)9-5-3-2-4-6-10-21(34)28(41)39(24)17-19;/h5,7-9,11-12,18-21,24H,2-4,6,10,13-17,34H2,1H3,(H,37,40)(H,38,42);1H/t18-,19-,21+,24+,31-;/m1./s1. The van der Waals surface area contributed by atoms with Gasteiger partial charge in [0, 0.05) is 19.3 Å². The molecule has 1 aromatic heterocycles. The van der Waals surface area contributed by atoms with Crippen LogP contribution in [0.2, 0.25) is 0 Å². The molecule has 1 saturated heterocycles. The second-order valence-corrected chi connectivity index (χ2v) is 14.8. The number of alkyl halides is 2. The predicted octanol–water partition coefficient (Wildman–Crippen LogP) is 2.84. The number of ether oxygens (including phenoxy) is 1. The number of allylic oxidation sites excluding steroid dienone is 1. The molecule has 4 aliphatic rings. The van der Waals surface area contributed by atoms with Crippen LogP contribution in [0.3, 0.4) is 0 Å². The van der Waals surface area contributed by atoms with Gasteiger partial charge in [0.1, 0.15) is 17.7 Å². The van der Waals surface area contributed by atoms with Crippen molar-refractivity contribution < 1.29 is 36.3 Å². The third-order valence-corrected chi connectivity index (χ3v) is 10.9. The van der Waals surface area contributed by atoms with E-state index in [-0.39, 0.29) is 37.3 Å². The van der Waals surface area contributed by atoms with Crippen molar-refractivity contribution in [1.29, 1.82) is 0 Å². The van der Waals surface area contributed by atoms with Crippen molar-refractivity contribution in [2.45, 2.75) is 99.6 Å². The second-order valence-electron chi connectivity index (χ2n) is 12.9. The lowest BCUT2D eigenvalue weighted by Gasteiger charge is -2.28. The van der Waals surface area contributed by atoms with Gasteiger partial charge in [-0.05, 0) is 50.7 Å². The monoisotopic (exact) mass is 696 g/mol. The minimum atomic E-state index is -3.89. The summed E-state index contributed by atoms with van der Waals surface area (Å²) in [6.45, 7) is 0.536. The Labute approximate surface area is 277 Å². The van der Waals surface area contributed by atoms with Gasteiger partial charge in [-0.15, -0.1) is 12.4 Å². The molecule has 16 heteroatoms. The number of fused-ring (bicyclic) bond motifs is 3. The zero-order chi connectivity index (χ0) is 32.9. The van der Waals surface area contributed by atoms with Crippen LogP contribution in [0.15, 0.2) is 36.4 Å². The second kappa shape index (κ2) is 13.2. The van der Waals surface area contributed by atoms with Gasteiger partial charge in [-0.2, -0.15) is 8.78 Å². The summed E-state index contributed by atoms with van der Waals surface area (Å²) in [4.78, 5) is 50.7. The summed E-state index contributed by atoms with van der Waals surface area (Å²) in [5.41, 5.74) is 4.67. The summed E-state index contributed by atoms with van der Waals surface area (Å²) >= 11 is 0. The molecule has 0 spiro atoms. The van der Waals surface area contributed by atoms with Crippen LogP contribution in [0.4, 0.5) is 8.78 Å². The van der Waals surface area contributed by atoms with Crippen molar-refractivity contribution >= 4 is 51.2 Å². The lowest BCUT2D eigenvalue weighted by atomic mass is 10.1. The number of carbonyl (C=O) groups excluding carboxylic acids is 3. The van der Waals surface area contributed by atoms with Crippen molar-refractivity contribution in [3.05, 3.63) is 42.1 Å². The largest absolute Gasteiger partial charge is 0.471 e. The molecule has 4 N–H and O–H groups in total. The summed E-state index contributed by atoms with van der Waals surface area (Å²) < 4.78 is 62.8. The first kappa shape index (κ1) is 34.9. The highest BCUT2D eigenvalue weighted by molar-refractivity contribution is 7.91. The SMILES string of the molecule is CC(F)(F)c1nc2ccccc2nc1O[C@@H]1C[C@H]2C(=O)N[C@]3(C(=O)NS(=O)(=O)C4CC4)C[C@H]3C=CCCCCC[C@H](N)C(=O)N2C1.Cl. The quantitative estimate of drug-likeness (QED) is 0.384. The predicted molar refractivity (Wildman–Crippen MR) is 170 cm³/mol. The van der Waals surface area contributed by atoms with E-state index in [4.69, 9.17) is 10.5 Å². The molecule has 2 aliphatic heterocycles. The van der Waals surface area contributed by atoms with Crippen LogP contribution in [0.5, 0.6) is 5.88 Å². The van der Waals surface area contributed by atoms with Gasteiger partial charge in [-0.1, -0.05) is 37.1 Å². The Morgan fingerprint density at radius 1 is 1.13 bits per heavy atom.